The molecule has 0 bridgehead atoms. The van der Waals surface area contributed by atoms with Gasteiger partial charge in [0.25, 0.3) is 0 Å². The highest BCUT2D eigenvalue weighted by molar-refractivity contribution is 6.05. The van der Waals surface area contributed by atoms with E-state index in [-0.39, 0.29) is 12.0 Å². The third-order valence-electron chi connectivity index (χ3n) is 7.01. The molecule has 2 aromatic carbocycles. The second-order valence-electron chi connectivity index (χ2n) is 10.3. The summed E-state index contributed by atoms with van der Waals surface area (Å²) in [6.45, 7) is 10.2. The number of pyridine rings is 1. The number of carbonyl (C=O) groups excluding carboxylic acids is 1. The highest BCUT2D eigenvalue weighted by atomic mass is 16.5. The van der Waals surface area contributed by atoms with Gasteiger partial charge in [0, 0.05) is 69.7 Å². The van der Waals surface area contributed by atoms with E-state index < -0.39 is 0 Å². The Balaban J connectivity index is 1.65. The van der Waals surface area contributed by atoms with Crippen molar-refractivity contribution in [2.75, 3.05) is 70.9 Å². The van der Waals surface area contributed by atoms with Crippen molar-refractivity contribution >= 4 is 39.4 Å². The summed E-state index contributed by atoms with van der Waals surface area (Å²) in [5.41, 5.74) is 4.76. The molecule has 1 amide bonds. The van der Waals surface area contributed by atoms with Crippen LogP contribution in [0.4, 0.5) is 17.1 Å². The average Bonchev–Trinajstić information content (AvgIpc) is 3.52. The van der Waals surface area contributed by atoms with Crippen LogP contribution in [0.15, 0.2) is 61.3 Å². The van der Waals surface area contributed by atoms with E-state index in [0.717, 1.165) is 36.3 Å². The number of aromatic nitrogens is 1. The summed E-state index contributed by atoms with van der Waals surface area (Å²) >= 11 is 0. The number of methoxy groups -OCH3 is 2. The molecule has 1 atom stereocenters. The van der Waals surface area contributed by atoms with Gasteiger partial charge in [-0.25, -0.2) is 0 Å². The SMILES string of the molecule is C=C(C)c1cccc(Nc2c(C#N)cnc3cc(OC4CCOC4)c(NC(=O)C=CCN(CCOC)CCOC)cc23)c1. The van der Waals surface area contributed by atoms with E-state index in [1.807, 2.05) is 37.3 Å². The van der Waals surface area contributed by atoms with E-state index in [9.17, 15) is 10.1 Å². The molecule has 1 aromatic heterocycles. The Bertz CT molecular complexity index is 1490. The Morgan fingerprint density at radius 2 is 2.02 bits per heavy atom. The van der Waals surface area contributed by atoms with Crippen LogP contribution in [0.2, 0.25) is 0 Å². The lowest BCUT2D eigenvalue weighted by molar-refractivity contribution is -0.111. The number of nitrogens with zero attached hydrogens (tertiary/aromatic N) is 3. The molecular weight excluding hydrogens is 546 g/mol. The number of amides is 1. The van der Waals surface area contributed by atoms with Gasteiger partial charge in [-0.1, -0.05) is 30.4 Å². The molecular formula is C33H39N5O5. The van der Waals surface area contributed by atoms with Gasteiger partial charge >= 0.3 is 0 Å². The second-order valence-corrected chi connectivity index (χ2v) is 10.3. The topological polar surface area (TPSA) is 118 Å². The van der Waals surface area contributed by atoms with Crippen molar-refractivity contribution in [3.8, 4) is 11.8 Å². The molecule has 43 heavy (non-hydrogen) atoms. The summed E-state index contributed by atoms with van der Waals surface area (Å²) in [5.74, 6) is 0.178. The molecule has 0 saturated carbocycles. The number of nitriles is 1. The number of hydrogen-bond donors (Lipinski definition) is 2. The predicted octanol–water partition coefficient (Wildman–Crippen LogP) is 5.14. The molecule has 1 aliphatic rings. The van der Waals surface area contributed by atoms with Crippen LogP contribution in [0.5, 0.6) is 5.75 Å². The molecule has 10 heteroatoms. The van der Waals surface area contributed by atoms with Gasteiger partial charge in [-0.3, -0.25) is 14.7 Å². The normalized spacial score (nSPS) is 14.7. The van der Waals surface area contributed by atoms with E-state index in [4.69, 9.17) is 18.9 Å². The number of anilines is 3. The van der Waals surface area contributed by atoms with E-state index in [1.54, 1.807) is 26.4 Å². The van der Waals surface area contributed by atoms with Crippen LogP contribution >= 0.6 is 0 Å². The zero-order chi connectivity index (χ0) is 30.6. The van der Waals surface area contributed by atoms with Crippen molar-refractivity contribution in [1.82, 2.24) is 9.88 Å². The molecule has 0 radical (unpaired) electrons. The van der Waals surface area contributed by atoms with Gasteiger partial charge in [-0.05, 0) is 30.7 Å². The quantitative estimate of drug-likeness (QED) is 0.234. The molecule has 1 aliphatic heterocycles. The minimum atomic E-state index is -0.307. The molecule has 10 nitrogen and oxygen atoms in total. The fourth-order valence-corrected chi connectivity index (χ4v) is 4.64. The molecule has 2 N–H and O–H groups in total. The lowest BCUT2D eigenvalue weighted by Crippen LogP contribution is -2.31. The van der Waals surface area contributed by atoms with Gasteiger partial charge in [0.15, 0.2) is 0 Å². The summed E-state index contributed by atoms with van der Waals surface area (Å²) < 4.78 is 22.2. The number of benzene rings is 2. The molecule has 3 aromatic rings. The average molecular weight is 586 g/mol. The molecule has 1 saturated heterocycles. The third kappa shape index (κ3) is 8.86. The number of nitrogens with one attached hydrogen (secondary N) is 2. The standard InChI is InChI=1S/C33H39N5O5/c1-23(2)24-7-5-8-26(17-24)36-33-25(20-34)21-35-29-19-31(43-27-10-14-42-22-27)30(18-28(29)33)37-32(39)9-6-11-38(12-15-40-3)13-16-41-4/h5-9,17-19,21,27H,1,10-16,22H2,2-4H3,(H,35,36)(H,37,39). The van der Waals surface area contributed by atoms with Crippen LogP contribution in [0, 0.1) is 11.3 Å². The van der Waals surface area contributed by atoms with Gasteiger partial charge in [0.1, 0.15) is 17.9 Å². The number of allylic oxidation sites excluding steroid dienone is 1. The fraction of sp³-hybridized carbons (Fsp3) is 0.364. The van der Waals surface area contributed by atoms with Crippen LogP contribution < -0.4 is 15.4 Å². The van der Waals surface area contributed by atoms with Crippen molar-refractivity contribution in [2.45, 2.75) is 19.4 Å². The molecule has 0 aliphatic carbocycles. The van der Waals surface area contributed by atoms with E-state index >= 15 is 0 Å². The third-order valence-corrected chi connectivity index (χ3v) is 7.01. The molecule has 226 valence electrons. The number of rotatable bonds is 15. The Morgan fingerprint density at radius 1 is 1.23 bits per heavy atom. The van der Waals surface area contributed by atoms with E-state index in [2.05, 4.69) is 33.2 Å². The van der Waals surface area contributed by atoms with Gasteiger partial charge in [-0.2, -0.15) is 5.26 Å². The zero-order valence-electron chi connectivity index (χ0n) is 25.0. The number of hydrogen-bond acceptors (Lipinski definition) is 9. The largest absolute Gasteiger partial charge is 0.486 e. The first-order valence-electron chi connectivity index (χ1n) is 14.2. The van der Waals surface area contributed by atoms with Gasteiger partial charge < -0.3 is 29.6 Å². The monoisotopic (exact) mass is 585 g/mol. The minimum Gasteiger partial charge on any atom is -0.486 e. The van der Waals surface area contributed by atoms with Crippen LogP contribution in [-0.2, 0) is 19.0 Å². The van der Waals surface area contributed by atoms with Crippen LogP contribution in [0.1, 0.15) is 24.5 Å². The Hall–Kier alpha value is -4.27. The van der Waals surface area contributed by atoms with E-state index in [0.29, 0.717) is 66.6 Å². The lowest BCUT2D eigenvalue weighted by atomic mass is 10.1. The number of ether oxygens (including phenoxy) is 4. The van der Waals surface area contributed by atoms with Crippen LogP contribution in [-0.4, -0.2) is 82.2 Å². The van der Waals surface area contributed by atoms with Crippen molar-refractivity contribution in [1.29, 1.82) is 5.26 Å². The van der Waals surface area contributed by atoms with Crippen molar-refractivity contribution in [3.63, 3.8) is 0 Å². The fourth-order valence-electron chi connectivity index (χ4n) is 4.64. The number of carbonyl (C=O) groups is 1. The highest BCUT2D eigenvalue weighted by Gasteiger charge is 2.21. The van der Waals surface area contributed by atoms with Crippen LogP contribution in [0.3, 0.4) is 0 Å². The van der Waals surface area contributed by atoms with Gasteiger partial charge in [-0.15, -0.1) is 0 Å². The molecule has 1 fully saturated rings. The Morgan fingerprint density at radius 3 is 2.70 bits per heavy atom. The van der Waals surface area contributed by atoms with E-state index in [1.165, 1.54) is 12.3 Å². The smallest absolute Gasteiger partial charge is 0.248 e. The molecule has 1 unspecified atom stereocenters. The summed E-state index contributed by atoms with van der Waals surface area (Å²) in [6, 6.07) is 13.6. The highest BCUT2D eigenvalue weighted by Crippen LogP contribution is 2.37. The summed E-state index contributed by atoms with van der Waals surface area (Å²) in [6.07, 6.45) is 5.46. The minimum absolute atomic E-state index is 0.139. The van der Waals surface area contributed by atoms with Crippen molar-refractivity contribution < 1.29 is 23.7 Å². The number of fused-ring (bicyclic) bond motifs is 1. The maximum Gasteiger partial charge on any atom is 0.248 e. The predicted molar refractivity (Wildman–Crippen MR) is 169 cm³/mol. The second kappa shape index (κ2) is 15.8. The van der Waals surface area contributed by atoms with Gasteiger partial charge in [0.05, 0.1) is 48.9 Å². The Labute approximate surface area is 252 Å². The summed E-state index contributed by atoms with van der Waals surface area (Å²) in [4.78, 5) is 19.8. The maximum absolute atomic E-state index is 13.1. The molecule has 0 spiro atoms. The first-order valence-corrected chi connectivity index (χ1v) is 14.2. The molecule has 4 rings (SSSR count). The zero-order valence-corrected chi connectivity index (χ0v) is 25.0. The van der Waals surface area contributed by atoms with Crippen molar-refractivity contribution in [3.05, 3.63) is 72.5 Å². The van der Waals surface area contributed by atoms with Gasteiger partial charge in [0.2, 0.25) is 5.91 Å². The first kappa shape index (κ1) is 31.7. The Kier molecular flexibility index (Phi) is 11.6. The summed E-state index contributed by atoms with van der Waals surface area (Å²) in [7, 11) is 3.32. The maximum atomic E-state index is 13.1. The van der Waals surface area contributed by atoms with Crippen LogP contribution in [0.25, 0.3) is 16.5 Å². The lowest BCUT2D eigenvalue weighted by Gasteiger charge is -2.20. The summed E-state index contributed by atoms with van der Waals surface area (Å²) in [5, 5.41) is 17.0. The van der Waals surface area contributed by atoms with Crippen molar-refractivity contribution in [2.24, 2.45) is 0 Å². The first-order chi connectivity index (χ1) is 20.9. The molecule has 2 heterocycles.